The summed E-state index contributed by atoms with van der Waals surface area (Å²) >= 11 is 0. The van der Waals surface area contributed by atoms with Gasteiger partial charge in [0.2, 0.25) is 0 Å². The molecule has 19 heavy (non-hydrogen) atoms. The highest BCUT2D eigenvalue weighted by Gasteiger charge is 2.30. The molecule has 1 aromatic carbocycles. The molecule has 1 atom stereocenters. The monoisotopic (exact) mass is 271 g/mol. The number of aryl methyl sites for hydroxylation is 1. The second-order valence-corrected chi connectivity index (χ2v) is 4.20. The maximum absolute atomic E-state index is 12.6. The third-order valence-electron chi connectivity index (χ3n) is 2.77. The number of aromatic nitrogens is 3. The Morgan fingerprint density at radius 2 is 2.11 bits per heavy atom. The smallest absolute Gasteiger partial charge is 0.386 e. The van der Waals surface area contributed by atoms with E-state index in [4.69, 9.17) is 0 Å². The summed E-state index contributed by atoms with van der Waals surface area (Å²) in [7, 11) is 1.61. The van der Waals surface area contributed by atoms with E-state index < -0.39 is 17.8 Å². The van der Waals surface area contributed by atoms with E-state index in [1.165, 1.54) is 16.9 Å². The Balaban J connectivity index is 2.18. The van der Waals surface area contributed by atoms with Crippen LogP contribution in [-0.2, 0) is 19.6 Å². The Morgan fingerprint density at radius 3 is 2.68 bits per heavy atom. The highest BCUT2D eigenvalue weighted by molar-refractivity contribution is 5.26. The van der Waals surface area contributed by atoms with Crippen molar-refractivity contribution in [1.29, 1.82) is 0 Å². The van der Waals surface area contributed by atoms with Crippen molar-refractivity contribution in [1.82, 2.24) is 15.0 Å². The number of alkyl halides is 3. The minimum Gasteiger partial charge on any atom is -0.386 e. The van der Waals surface area contributed by atoms with Crippen molar-refractivity contribution in [3.05, 3.63) is 47.3 Å². The second kappa shape index (κ2) is 5.00. The highest BCUT2D eigenvalue weighted by Crippen LogP contribution is 2.30. The van der Waals surface area contributed by atoms with Gasteiger partial charge in [0.15, 0.2) is 0 Å². The number of aliphatic hydroxyl groups is 1. The van der Waals surface area contributed by atoms with Gasteiger partial charge in [0, 0.05) is 13.5 Å². The molecular weight excluding hydrogens is 259 g/mol. The molecule has 1 N–H and O–H groups in total. The zero-order valence-corrected chi connectivity index (χ0v) is 10.1. The van der Waals surface area contributed by atoms with Gasteiger partial charge in [-0.15, -0.1) is 5.10 Å². The van der Waals surface area contributed by atoms with Crippen molar-refractivity contribution in [2.75, 3.05) is 0 Å². The predicted molar refractivity (Wildman–Crippen MR) is 61.1 cm³/mol. The molecule has 0 spiro atoms. The SMILES string of the molecule is Cn1nncc1C(O)Cc1cccc(C(F)(F)F)c1. The van der Waals surface area contributed by atoms with Gasteiger partial charge < -0.3 is 5.11 Å². The lowest BCUT2D eigenvalue weighted by Gasteiger charge is -2.12. The quantitative estimate of drug-likeness (QED) is 0.930. The number of halogens is 3. The van der Waals surface area contributed by atoms with Crippen LogP contribution >= 0.6 is 0 Å². The van der Waals surface area contributed by atoms with Crippen LogP contribution < -0.4 is 0 Å². The fourth-order valence-corrected chi connectivity index (χ4v) is 1.80. The fraction of sp³-hybridized carbons (Fsp3) is 0.333. The molecule has 2 aromatic rings. The van der Waals surface area contributed by atoms with Crippen LogP contribution in [0.15, 0.2) is 30.5 Å². The molecule has 2 rings (SSSR count). The summed E-state index contributed by atoms with van der Waals surface area (Å²) < 4.78 is 39.1. The average Bonchev–Trinajstić information content (AvgIpc) is 2.75. The first-order chi connectivity index (χ1) is 8.88. The minimum absolute atomic E-state index is 0.0745. The summed E-state index contributed by atoms with van der Waals surface area (Å²) in [5.74, 6) is 0. The number of benzene rings is 1. The zero-order valence-electron chi connectivity index (χ0n) is 10.1. The molecule has 4 nitrogen and oxygen atoms in total. The van der Waals surface area contributed by atoms with E-state index >= 15 is 0 Å². The van der Waals surface area contributed by atoms with E-state index in [9.17, 15) is 18.3 Å². The summed E-state index contributed by atoms with van der Waals surface area (Å²) in [6.45, 7) is 0. The first kappa shape index (κ1) is 13.5. The lowest BCUT2D eigenvalue weighted by atomic mass is 10.0. The first-order valence-corrected chi connectivity index (χ1v) is 5.56. The Labute approximate surface area is 107 Å². The number of hydrogen-bond donors (Lipinski definition) is 1. The third-order valence-corrected chi connectivity index (χ3v) is 2.77. The van der Waals surface area contributed by atoms with Crippen molar-refractivity contribution < 1.29 is 18.3 Å². The molecule has 0 radical (unpaired) electrons. The number of hydrogen-bond acceptors (Lipinski definition) is 3. The van der Waals surface area contributed by atoms with Crippen LogP contribution in [0.2, 0.25) is 0 Å². The van der Waals surface area contributed by atoms with Crippen LogP contribution in [-0.4, -0.2) is 20.1 Å². The van der Waals surface area contributed by atoms with Crippen molar-refractivity contribution in [3.63, 3.8) is 0 Å². The average molecular weight is 271 g/mol. The van der Waals surface area contributed by atoms with Gasteiger partial charge in [-0.05, 0) is 11.6 Å². The fourth-order valence-electron chi connectivity index (χ4n) is 1.80. The molecular formula is C12H12F3N3O. The topological polar surface area (TPSA) is 50.9 Å². The number of nitrogens with zero attached hydrogens (tertiary/aromatic N) is 3. The molecule has 0 aliphatic rings. The van der Waals surface area contributed by atoms with Crippen LogP contribution in [0.1, 0.15) is 22.9 Å². The molecule has 0 bridgehead atoms. The van der Waals surface area contributed by atoms with Crippen LogP contribution in [0.5, 0.6) is 0 Å². The third kappa shape index (κ3) is 3.11. The molecule has 0 aliphatic carbocycles. The standard InChI is InChI=1S/C12H12F3N3O/c1-18-10(7-16-17-18)11(19)6-8-3-2-4-9(5-8)12(13,14)15/h2-5,7,11,19H,6H2,1H3. The predicted octanol–water partition coefficient (Wildman–Crippen LogP) is 2.11. The Bertz CT molecular complexity index is 565. The Morgan fingerprint density at radius 1 is 1.37 bits per heavy atom. The molecule has 0 saturated carbocycles. The lowest BCUT2D eigenvalue weighted by Crippen LogP contribution is -2.09. The molecule has 1 aromatic heterocycles. The number of rotatable bonds is 3. The summed E-state index contributed by atoms with van der Waals surface area (Å²) in [4.78, 5) is 0. The lowest BCUT2D eigenvalue weighted by molar-refractivity contribution is -0.137. The highest BCUT2D eigenvalue weighted by atomic mass is 19.4. The van der Waals surface area contributed by atoms with Gasteiger partial charge in [-0.25, -0.2) is 4.68 Å². The van der Waals surface area contributed by atoms with Crippen molar-refractivity contribution in [3.8, 4) is 0 Å². The van der Waals surface area contributed by atoms with Gasteiger partial charge >= 0.3 is 6.18 Å². The maximum atomic E-state index is 12.6. The Hall–Kier alpha value is -1.89. The largest absolute Gasteiger partial charge is 0.416 e. The van der Waals surface area contributed by atoms with Gasteiger partial charge in [-0.2, -0.15) is 13.2 Å². The van der Waals surface area contributed by atoms with Crippen LogP contribution in [0.4, 0.5) is 13.2 Å². The van der Waals surface area contributed by atoms with Gasteiger partial charge in [0.25, 0.3) is 0 Å². The van der Waals surface area contributed by atoms with Crippen LogP contribution in [0.3, 0.4) is 0 Å². The summed E-state index contributed by atoms with van der Waals surface area (Å²) in [5, 5.41) is 17.2. The summed E-state index contributed by atoms with van der Waals surface area (Å²) in [6, 6.07) is 4.91. The normalized spacial score (nSPS) is 13.5. The van der Waals surface area contributed by atoms with Crippen LogP contribution in [0.25, 0.3) is 0 Å². The van der Waals surface area contributed by atoms with E-state index in [1.54, 1.807) is 13.1 Å². The van der Waals surface area contributed by atoms with Crippen LogP contribution in [0, 0.1) is 0 Å². The molecule has 7 heteroatoms. The van der Waals surface area contributed by atoms with E-state index in [1.807, 2.05) is 0 Å². The van der Waals surface area contributed by atoms with E-state index in [2.05, 4.69) is 10.3 Å². The first-order valence-electron chi connectivity index (χ1n) is 5.56. The summed E-state index contributed by atoms with van der Waals surface area (Å²) in [5.41, 5.74) is 0.140. The molecule has 102 valence electrons. The van der Waals surface area contributed by atoms with E-state index in [0.29, 0.717) is 11.3 Å². The summed E-state index contributed by atoms with van der Waals surface area (Å²) in [6.07, 6.45) is -3.86. The minimum atomic E-state index is -4.38. The Kier molecular flexibility index (Phi) is 3.57. The second-order valence-electron chi connectivity index (χ2n) is 4.20. The number of aliphatic hydroxyl groups excluding tert-OH is 1. The van der Waals surface area contributed by atoms with Gasteiger partial charge in [-0.3, -0.25) is 0 Å². The van der Waals surface area contributed by atoms with Crippen molar-refractivity contribution in [2.45, 2.75) is 18.7 Å². The van der Waals surface area contributed by atoms with E-state index in [-0.39, 0.29) is 6.42 Å². The van der Waals surface area contributed by atoms with Crippen molar-refractivity contribution in [2.24, 2.45) is 7.05 Å². The molecule has 0 fully saturated rings. The van der Waals surface area contributed by atoms with Gasteiger partial charge in [0.1, 0.15) is 6.10 Å². The molecule has 0 aliphatic heterocycles. The van der Waals surface area contributed by atoms with E-state index in [0.717, 1.165) is 12.1 Å². The zero-order chi connectivity index (χ0) is 14.0. The maximum Gasteiger partial charge on any atom is 0.416 e. The molecule has 0 saturated heterocycles. The molecule has 1 unspecified atom stereocenters. The molecule has 0 amide bonds. The molecule has 1 heterocycles. The van der Waals surface area contributed by atoms with Gasteiger partial charge in [-0.1, -0.05) is 23.4 Å². The van der Waals surface area contributed by atoms with Gasteiger partial charge in [0.05, 0.1) is 17.5 Å². The van der Waals surface area contributed by atoms with Crippen molar-refractivity contribution >= 4 is 0 Å².